The largest absolute Gasteiger partial charge is 0.497 e. The number of H-pyrrole nitrogens is 1. The number of methoxy groups -OCH3 is 1. The number of imidazole rings is 1. The van der Waals surface area contributed by atoms with Gasteiger partial charge in [0.1, 0.15) is 17.6 Å². The van der Waals surface area contributed by atoms with Crippen LogP contribution in [0.3, 0.4) is 0 Å². The number of hydrogen-bond donors (Lipinski definition) is 2. The molecule has 0 amide bonds. The highest BCUT2D eigenvalue weighted by Gasteiger charge is 2.24. The fourth-order valence-corrected chi connectivity index (χ4v) is 6.52. The summed E-state index contributed by atoms with van der Waals surface area (Å²) in [7, 11) is 1.65. The molecule has 234 valence electrons. The molecule has 7 rings (SSSR count). The zero-order valence-corrected chi connectivity index (χ0v) is 26.3. The second-order valence-corrected chi connectivity index (χ2v) is 12.0. The molecule has 3 heterocycles. The van der Waals surface area contributed by atoms with Gasteiger partial charge < -0.3 is 15.0 Å². The molecule has 2 aromatic heterocycles. The van der Waals surface area contributed by atoms with Crippen molar-refractivity contribution in [2.75, 3.05) is 25.5 Å². The number of nitriles is 1. The van der Waals surface area contributed by atoms with Gasteiger partial charge in [-0.15, -0.1) is 0 Å². The van der Waals surface area contributed by atoms with Gasteiger partial charge in [-0.2, -0.15) is 5.26 Å². The molecule has 0 atom stereocenters. The van der Waals surface area contributed by atoms with Crippen LogP contribution in [0.5, 0.6) is 5.75 Å². The van der Waals surface area contributed by atoms with Gasteiger partial charge in [0.05, 0.1) is 29.4 Å². The van der Waals surface area contributed by atoms with Crippen molar-refractivity contribution in [3.8, 4) is 34.2 Å². The molecule has 47 heavy (non-hydrogen) atoms. The van der Waals surface area contributed by atoms with Crippen LogP contribution in [0.4, 0.5) is 5.82 Å². The predicted molar refractivity (Wildman–Crippen MR) is 186 cm³/mol. The molecule has 6 aromatic rings. The van der Waals surface area contributed by atoms with Gasteiger partial charge in [0, 0.05) is 43.3 Å². The van der Waals surface area contributed by atoms with E-state index in [1.165, 1.54) is 5.56 Å². The summed E-state index contributed by atoms with van der Waals surface area (Å²) in [5, 5.41) is 13.5. The van der Waals surface area contributed by atoms with E-state index in [-0.39, 0.29) is 11.7 Å². The van der Waals surface area contributed by atoms with E-state index in [9.17, 15) is 10.1 Å². The van der Waals surface area contributed by atoms with Crippen LogP contribution < -0.4 is 15.7 Å². The summed E-state index contributed by atoms with van der Waals surface area (Å²) < 4.78 is 7.22. The molecule has 0 aliphatic carbocycles. The SMILES string of the molecule is COc1ccc(CNc2nc(-c3ccc(CN4CCC(n5c(=O)[nH]c6ccccc65)CC4)cc3)c(-c3ccccc3)cc2C#N)cc1. The van der Waals surface area contributed by atoms with Crippen LogP contribution in [-0.2, 0) is 13.1 Å². The van der Waals surface area contributed by atoms with Gasteiger partial charge in [-0.25, -0.2) is 9.78 Å². The van der Waals surface area contributed by atoms with Crippen molar-refractivity contribution in [2.45, 2.75) is 32.0 Å². The number of para-hydroxylation sites is 2. The Hall–Kier alpha value is -5.65. The quantitative estimate of drug-likeness (QED) is 0.175. The first-order chi connectivity index (χ1) is 23.1. The van der Waals surface area contributed by atoms with Gasteiger partial charge in [-0.1, -0.05) is 78.9 Å². The van der Waals surface area contributed by atoms with Crippen molar-refractivity contribution in [1.29, 1.82) is 5.26 Å². The highest BCUT2D eigenvalue weighted by atomic mass is 16.5. The third kappa shape index (κ3) is 6.39. The first kappa shape index (κ1) is 30.0. The van der Waals surface area contributed by atoms with Crippen molar-refractivity contribution < 1.29 is 4.74 Å². The van der Waals surface area contributed by atoms with Crippen molar-refractivity contribution in [2.24, 2.45) is 0 Å². The predicted octanol–water partition coefficient (Wildman–Crippen LogP) is 7.39. The Bertz CT molecular complexity index is 2090. The van der Waals surface area contributed by atoms with E-state index in [1.54, 1.807) is 7.11 Å². The molecule has 8 heteroatoms. The number of nitrogens with zero attached hydrogens (tertiary/aromatic N) is 4. The lowest BCUT2D eigenvalue weighted by molar-refractivity contribution is 0.180. The molecular formula is C39H36N6O2. The first-order valence-electron chi connectivity index (χ1n) is 16.0. The molecule has 4 aromatic carbocycles. The van der Waals surface area contributed by atoms with Gasteiger partial charge in [-0.3, -0.25) is 9.47 Å². The van der Waals surface area contributed by atoms with Gasteiger partial charge in [-0.05, 0) is 59.9 Å². The van der Waals surface area contributed by atoms with Crippen molar-refractivity contribution in [1.82, 2.24) is 19.4 Å². The van der Waals surface area contributed by atoms with E-state index in [0.29, 0.717) is 17.9 Å². The lowest BCUT2D eigenvalue weighted by Crippen LogP contribution is -2.36. The number of anilines is 1. The minimum atomic E-state index is -0.0226. The van der Waals surface area contributed by atoms with Crippen molar-refractivity contribution in [3.63, 3.8) is 0 Å². The fourth-order valence-electron chi connectivity index (χ4n) is 6.52. The number of rotatable bonds is 9. The Morgan fingerprint density at radius 2 is 1.60 bits per heavy atom. The van der Waals surface area contributed by atoms with Crippen LogP contribution in [0.2, 0.25) is 0 Å². The normalized spacial score (nSPS) is 13.8. The highest BCUT2D eigenvalue weighted by Crippen LogP contribution is 2.34. The van der Waals surface area contributed by atoms with Crippen LogP contribution in [0.1, 0.15) is 35.6 Å². The molecule has 1 aliphatic rings. The van der Waals surface area contributed by atoms with Gasteiger partial charge in [0.15, 0.2) is 0 Å². The number of benzene rings is 4. The molecule has 1 aliphatic heterocycles. The zero-order chi connectivity index (χ0) is 32.2. The standard InChI is InChI=1S/C39H36N6O2/c1-47-33-17-13-27(14-18-33)25-41-38-31(24-40)23-34(29-7-3-2-4-8-29)37(43-38)30-15-11-28(12-16-30)26-44-21-19-32(20-22-44)45-36-10-6-5-9-35(36)42-39(45)46/h2-18,23,32H,19-22,25-26H2,1H3,(H,41,43)(H,42,46). The Labute approximate surface area is 273 Å². The van der Waals surface area contributed by atoms with E-state index in [1.807, 2.05) is 77.4 Å². The lowest BCUT2D eigenvalue weighted by Gasteiger charge is -2.32. The van der Waals surface area contributed by atoms with E-state index in [0.717, 1.165) is 77.2 Å². The average molecular weight is 621 g/mol. The fraction of sp³-hybridized carbons (Fsp3) is 0.205. The van der Waals surface area contributed by atoms with E-state index in [4.69, 9.17) is 9.72 Å². The maximum Gasteiger partial charge on any atom is 0.326 e. The van der Waals surface area contributed by atoms with E-state index < -0.39 is 0 Å². The summed E-state index contributed by atoms with van der Waals surface area (Å²) in [6, 6.07) is 38.9. The minimum absolute atomic E-state index is 0.0226. The van der Waals surface area contributed by atoms with Gasteiger partial charge in [0.2, 0.25) is 0 Å². The number of fused-ring (bicyclic) bond motifs is 1. The Morgan fingerprint density at radius 1 is 0.894 bits per heavy atom. The average Bonchev–Trinajstić information content (AvgIpc) is 3.47. The van der Waals surface area contributed by atoms with E-state index in [2.05, 4.69) is 57.7 Å². The molecule has 0 radical (unpaired) electrons. The smallest absolute Gasteiger partial charge is 0.326 e. The molecule has 1 fully saturated rings. The monoisotopic (exact) mass is 620 g/mol. The summed E-state index contributed by atoms with van der Waals surface area (Å²) in [5.74, 6) is 1.36. The second kappa shape index (κ2) is 13.4. The van der Waals surface area contributed by atoms with Crippen LogP contribution in [0.25, 0.3) is 33.4 Å². The first-order valence-corrected chi connectivity index (χ1v) is 16.0. The number of piperidine rings is 1. The molecular weight excluding hydrogens is 584 g/mol. The summed E-state index contributed by atoms with van der Waals surface area (Å²) in [6.07, 6.45) is 1.86. The molecule has 8 nitrogen and oxygen atoms in total. The van der Waals surface area contributed by atoms with Gasteiger partial charge >= 0.3 is 5.69 Å². The molecule has 2 N–H and O–H groups in total. The highest BCUT2D eigenvalue weighted by molar-refractivity contribution is 5.84. The zero-order valence-electron chi connectivity index (χ0n) is 26.3. The number of hydrogen-bond acceptors (Lipinski definition) is 6. The molecule has 0 bridgehead atoms. The number of aromatic amines is 1. The molecule has 0 spiro atoms. The van der Waals surface area contributed by atoms with Crippen molar-refractivity contribution >= 4 is 16.9 Å². The van der Waals surface area contributed by atoms with Crippen LogP contribution in [0, 0.1) is 11.3 Å². The Kier molecular flexibility index (Phi) is 8.54. The third-order valence-electron chi connectivity index (χ3n) is 9.03. The van der Waals surface area contributed by atoms with Crippen molar-refractivity contribution in [3.05, 3.63) is 136 Å². The van der Waals surface area contributed by atoms with Crippen LogP contribution in [-0.4, -0.2) is 39.6 Å². The lowest BCUT2D eigenvalue weighted by atomic mass is 9.96. The number of aromatic nitrogens is 3. The van der Waals surface area contributed by atoms with Crippen LogP contribution >= 0.6 is 0 Å². The maximum atomic E-state index is 12.7. The Balaban J connectivity index is 1.09. The van der Waals surface area contributed by atoms with Crippen LogP contribution in [0.15, 0.2) is 114 Å². The summed E-state index contributed by atoms with van der Waals surface area (Å²) in [4.78, 5) is 23.2. The number of pyridine rings is 1. The second-order valence-electron chi connectivity index (χ2n) is 12.0. The summed E-state index contributed by atoms with van der Waals surface area (Å²) in [5.41, 5.74) is 8.38. The number of likely N-dealkylation sites (tertiary alicyclic amines) is 1. The third-order valence-corrected chi connectivity index (χ3v) is 9.03. The molecule has 1 saturated heterocycles. The minimum Gasteiger partial charge on any atom is -0.497 e. The number of ether oxygens (including phenoxy) is 1. The molecule has 0 saturated carbocycles. The number of nitrogens with one attached hydrogen (secondary N) is 2. The Morgan fingerprint density at radius 3 is 2.32 bits per heavy atom. The summed E-state index contributed by atoms with van der Waals surface area (Å²) >= 11 is 0. The maximum absolute atomic E-state index is 12.7. The van der Waals surface area contributed by atoms with Gasteiger partial charge in [0.25, 0.3) is 0 Å². The topological polar surface area (TPSA) is 99.0 Å². The summed E-state index contributed by atoms with van der Waals surface area (Å²) in [6.45, 7) is 3.23. The van der Waals surface area contributed by atoms with E-state index >= 15 is 0 Å². The molecule has 0 unspecified atom stereocenters.